The molecule has 0 heterocycles. The Kier molecular flexibility index (Phi) is 3.81. The standard InChI is InChI=1S/C9H14N2O3S/c10-9(5-6-12)7-1-3-8(4-2-7)15(11,13)14/h1-4,9,12H,5-6,10H2,(H2,11,13,14). The lowest BCUT2D eigenvalue weighted by Crippen LogP contribution is -2.14. The molecule has 1 rings (SSSR count). The van der Waals surface area contributed by atoms with Gasteiger partial charge in [-0.1, -0.05) is 12.1 Å². The minimum atomic E-state index is -3.65. The van der Waals surface area contributed by atoms with E-state index in [4.69, 9.17) is 16.0 Å². The number of rotatable bonds is 4. The highest BCUT2D eigenvalue weighted by molar-refractivity contribution is 7.89. The number of nitrogens with two attached hydrogens (primary N) is 2. The zero-order chi connectivity index (χ0) is 11.5. The number of primary sulfonamides is 1. The minimum Gasteiger partial charge on any atom is -0.396 e. The van der Waals surface area contributed by atoms with Crippen molar-refractivity contribution >= 4 is 10.0 Å². The molecule has 15 heavy (non-hydrogen) atoms. The smallest absolute Gasteiger partial charge is 0.238 e. The van der Waals surface area contributed by atoms with Gasteiger partial charge in [-0.25, -0.2) is 13.6 Å². The summed E-state index contributed by atoms with van der Waals surface area (Å²) in [5.74, 6) is 0. The van der Waals surface area contributed by atoms with E-state index in [1.54, 1.807) is 12.1 Å². The Balaban J connectivity index is 2.90. The number of hydrogen-bond acceptors (Lipinski definition) is 4. The minimum absolute atomic E-state index is 0.00188. The van der Waals surface area contributed by atoms with Crippen molar-refractivity contribution in [3.8, 4) is 0 Å². The van der Waals surface area contributed by atoms with Crippen molar-refractivity contribution in [2.24, 2.45) is 10.9 Å². The van der Waals surface area contributed by atoms with E-state index in [1.807, 2.05) is 0 Å². The first-order chi connectivity index (χ1) is 6.95. The highest BCUT2D eigenvalue weighted by Gasteiger charge is 2.09. The van der Waals surface area contributed by atoms with Gasteiger partial charge in [0.15, 0.2) is 0 Å². The van der Waals surface area contributed by atoms with Gasteiger partial charge in [-0.05, 0) is 24.1 Å². The normalized spacial score (nSPS) is 13.8. The fourth-order valence-corrected chi connectivity index (χ4v) is 1.73. The highest BCUT2D eigenvalue weighted by Crippen LogP contribution is 2.16. The van der Waals surface area contributed by atoms with Crippen molar-refractivity contribution < 1.29 is 13.5 Å². The van der Waals surface area contributed by atoms with Crippen LogP contribution >= 0.6 is 0 Å². The van der Waals surface area contributed by atoms with Crippen LogP contribution in [0.2, 0.25) is 0 Å². The van der Waals surface area contributed by atoms with Gasteiger partial charge in [0, 0.05) is 12.6 Å². The van der Waals surface area contributed by atoms with E-state index in [-0.39, 0.29) is 17.5 Å². The van der Waals surface area contributed by atoms with Crippen molar-refractivity contribution in [3.63, 3.8) is 0 Å². The molecular formula is C9H14N2O3S. The monoisotopic (exact) mass is 230 g/mol. The SMILES string of the molecule is NC(CCO)c1ccc(S(N)(=O)=O)cc1. The Morgan fingerprint density at radius 3 is 2.20 bits per heavy atom. The fraction of sp³-hybridized carbons (Fsp3) is 0.333. The summed E-state index contributed by atoms with van der Waals surface area (Å²) >= 11 is 0. The van der Waals surface area contributed by atoms with Crippen LogP contribution in [0.15, 0.2) is 29.2 Å². The van der Waals surface area contributed by atoms with Gasteiger partial charge < -0.3 is 10.8 Å². The molecule has 0 fully saturated rings. The van der Waals surface area contributed by atoms with Gasteiger partial charge in [-0.2, -0.15) is 0 Å². The number of benzene rings is 1. The van der Waals surface area contributed by atoms with Crippen LogP contribution in [0.1, 0.15) is 18.0 Å². The van der Waals surface area contributed by atoms with Crippen molar-refractivity contribution in [1.82, 2.24) is 0 Å². The van der Waals surface area contributed by atoms with Crippen LogP contribution in [-0.2, 0) is 10.0 Å². The third-order valence-corrected chi connectivity index (χ3v) is 3.01. The van der Waals surface area contributed by atoms with E-state index >= 15 is 0 Å². The molecule has 0 radical (unpaired) electrons. The number of sulfonamides is 1. The Labute approximate surface area is 88.8 Å². The maximum atomic E-state index is 10.9. The first-order valence-corrected chi connectivity index (χ1v) is 5.99. The first-order valence-electron chi connectivity index (χ1n) is 4.44. The summed E-state index contributed by atoms with van der Waals surface area (Å²) in [4.78, 5) is 0.0578. The Hall–Kier alpha value is -0.950. The van der Waals surface area contributed by atoms with Gasteiger partial charge >= 0.3 is 0 Å². The molecule has 0 aliphatic heterocycles. The van der Waals surface area contributed by atoms with E-state index in [9.17, 15) is 8.42 Å². The van der Waals surface area contributed by atoms with Crippen molar-refractivity contribution in [3.05, 3.63) is 29.8 Å². The van der Waals surface area contributed by atoms with Crippen LogP contribution in [0.25, 0.3) is 0 Å². The molecule has 1 atom stereocenters. The largest absolute Gasteiger partial charge is 0.396 e. The average molecular weight is 230 g/mol. The molecule has 0 saturated carbocycles. The number of aliphatic hydroxyl groups excluding tert-OH is 1. The topological polar surface area (TPSA) is 106 Å². The Morgan fingerprint density at radius 1 is 1.27 bits per heavy atom. The summed E-state index contributed by atoms with van der Waals surface area (Å²) in [5, 5.41) is 13.6. The molecule has 0 saturated heterocycles. The van der Waals surface area contributed by atoms with E-state index in [0.29, 0.717) is 6.42 Å². The summed E-state index contributed by atoms with van der Waals surface area (Å²) in [6.07, 6.45) is 0.439. The Bertz CT molecular complexity index is 413. The summed E-state index contributed by atoms with van der Waals surface area (Å²) < 4.78 is 21.9. The van der Waals surface area contributed by atoms with Crippen LogP contribution < -0.4 is 10.9 Å². The first kappa shape index (κ1) is 12.1. The zero-order valence-corrected chi connectivity index (χ0v) is 8.94. The lowest BCUT2D eigenvalue weighted by molar-refractivity contribution is 0.276. The van der Waals surface area contributed by atoms with Crippen LogP contribution in [0.4, 0.5) is 0 Å². The number of aliphatic hydroxyl groups is 1. The van der Waals surface area contributed by atoms with E-state index in [2.05, 4.69) is 0 Å². The van der Waals surface area contributed by atoms with Crippen LogP contribution in [0.3, 0.4) is 0 Å². The van der Waals surface area contributed by atoms with Gasteiger partial charge in [-0.15, -0.1) is 0 Å². The molecule has 0 bridgehead atoms. The van der Waals surface area contributed by atoms with E-state index in [1.165, 1.54) is 12.1 Å². The summed E-state index contributed by atoms with van der Waals surface area (Å²) in [5.41, 5.74) is 6.50. The van der Waals surface area contributed by atoms with Gasteiger partial charge in [0.25, 0.3) is 0 Å². The Morgan fingerprint density at radius 2 is 1.80 bits per heavy atom. The molecule has 6 heteroatoms. The van der Waals surface area contributed by atoms with Crippen molar-refractivity contribution in [2.45, 2.75) is 17.4 Å². The zero-order valence-electron chi connectivity index (χ0n) is 8.13. The average Bonchev–Trinajstić information content (AvgIpc) is 2.17. The third kappa shape index (κ3) is 3.28. The van der Waals surface area contributed by atoms with Crippen molar-refractivity contribution in [1.29, 1.82) is 0 Å². The highest BCUT2D eigenvalue weighted by atomic mass is 32.2. The molecule has 0 amide bonds. The molecule has 5 N–H and O–H groups in total. The van der Waals surface area contributed by atoms with Crippen LogP contribution in [0.5, 0.6) is 0 Å². The molecule has 0 aliphatic rings. The summed E-state index contributed by atoms with van der Waals surface area (Å²) in [6.45, 7) is -0.00188. The lowest BCUT2D eigenvalue weighted by atomic mass is 10.1. The second-order valence-electron chi connectivity index (χ2n) is 3.23. The predicted octanol–water partition coefficient (Wildman–Crippen LogP) is -0.284. The van der Waals surface area contributed by atoms with Crippen molar-refractivity contribution in [2.75, 3.05) is 6.61 Å². The molecule has 1 aromatic rings. The maximum absolute atomic E-state index is 10.9. The molecule has 0 spiro atoms. The molecule has 0 aliphatic carbocycles. The second kappa shape index (κ2) is 4.71. The van der Waals surface area contributed by atoms with Crippen LogP contribution in [-0.4, -0.2) is 20.1 Å². The lowest BCUT2D eigenvalue weighted by Gasteiger charge is -2.10. The summed E-state index contributed by atoms with van der Waals surface area (Å²) in [6, 6.07) is 5.72. The van der Waals surface area contributed by atoms with Crippen LogP contribution in [0, 0.1) is 0 Å². The quantitative estimate of drug-likeness (QED) is 0.661. The molecule has 1 aromatic carbocycles. The second-order valence-corrected chi connectivity index (χ2v) is 4.79. The molecule has 0 aromatic heterocycles. The molecule has 1 unspecified atom stereocenters. The van der Waals surface area contributed by atoms with Gasteiger partial charge in [0.05, 0.1) is 4.90 Å². The number of hydrogen-bond donors (Lipinski definition) is 3. The third-order valence-electron chi connectivity index (χ3n) is 2.08. The molecular weight excluding hydrogens is 216 g/mol. The summed E-state index contributed by atoms with van der Waals surface area (Å²) in [7, 11) is -3.65. The maximum Gasteiger partial charge on any atom is 0.238 e. The van der Waals surface area contributed by atoms with E-state index in [0.717, 1.165) is 5.56 Å². The molecule has 84 valence electrons. The van der Waals surface area contributed by atoms with Gasteiger partial charge in [0.1, 0.15) is 0 Å². The fourth-order valence-electron chi connectivity index (χ4n) is 1.21. The predicted molar refractivity (Wildman–Crippen MR) is 56.4 cm³/mol. The van der Waals surface area contributed by atoms with E-state index < -0.39 is 10.0 Å². The van der Waals surface area contributed by atoms with Gasteiger partial charge in [-0.3, -0.25) is 0 Å². The molecule has 5 nitrogen and oxygen atoms in total. The van der Waals surface area contributed by atoms with Gasteiger partial charge in [0.2, 0.25) is 10.0 Å².